The van der Waals surface area contributed by atoms with Crippen LogP contribution in [0.2, 0.25) is 0 Å². The van der Waals surface area contributed by atoms with Crippen molar-refractivity contribution in [1.29, 1.82) is 0 Å². The number of amides is 1. The molecular weight excluding hydrogens is 332 g/mol. The van der Waals surface area contributed by atoms with Crippen LogP contribution in [0.25, 0.3) is 10.9 Å². The van der Waals surface area contributed by atoms with Gasteiger partial charge < -0.3 is 19.7 Å². The van der Waals surface area contributed by atoms with Crippen LogP contribution >= 0.6 is 0 Å². The second-order valence-corrected chi connectivity index (χ2v) is 7.10. The maximum absolute atomic E-state index is 12.9. The van der Waals surface area contributed by atoms with E-state index >= 15 is 0 Å². The quantitative estimate of drug-likeness (QED) is 0.828. The SMILES string of the molecule is COc1ccc2c(c1)c(C(=O)NCC(C)C(=O)O)c(C)n2C1CCCC1. The summed E-state index contributed by atoms with van der Waals surface area (Å²) in [6.07, 6.45) is 4.65. The van der Waals surface area contributed by atoms with Gasteiger partial charge in [0.15, 0.2) is 0 Å². The lowest BCUT2D eigenvalue weighted by molar-refractivity contribution is -0.140. The molecule has 1 aliphatic carbocycles. The molecule has 0 saturated heterocycles. The van der Waals surface area contributed by atoms with Crippen molar-refractivity contribution in [3.05, 3.63) is 29.5 Å². The molecule has 0 radical (unpaired) electrons. The van der Waals surface area contributed by atoms with E-state index in [1.165, 1.54) is 12.8 Å². The first-order valence-corrected chi connectivity index (χ1v) is 9.13. The second kappa shape index (κ2) is 7.40. The number of hydrogen-bond donors (Lipinski definition) is 2. The standard InChI is InChI=1S/C20H26N2O4/c1-12(20(24)25)11-21-19(23)18-13(2)22(14-6-4-5-7-14)17-9-8-15(26-3)10-16(17)18/h8-10,12,14H,4-7,11H2,1-3H3,(H,21,23)(H,24,25). The number of aromatic nitrogens is 1. The van der Waals surface area contributed by atoms with Gasteiger partial charge in [-0.25, -0.2) is 0 Å². The van der Waals surface area contributed by atoms with Gasteiger partial charge in [0.1, 0.15) is 5.75 Å². The summed E-state index contributed by atoms with van der Waals surface area (Å²) in [5.41, 5.74) is 2.58. The van der Waals surface area contributed by atoms with Crippen molar-refractivity contribution in [3.63, 3.8) is 0 Å². The number of carbonyl (C=O) groups excluding carboxylic acids is 1. The minimum absolute atomic E-state index is 0.105. The molecule has 1 aliphatic rings. The molecule has 3 rings (SSSR count). The van der Waals surface area contributed by atoms with Crippen molar-refractivity contribution in [3.8, 4) is 5.75 Å². The van der Waals surface area contributed by atoms with Crippen molar-refractivity contribution in [2.24, 2.45) is 5.92 Å². The number of carboxylic acid groups (broad SMARTS) is 1. The first kappa shape index (κ1) is 18.3. The van der Waals surface area contributed by atoms with Crippen LogP contribution in [0.5, 0.6) is 5.75 Å². The van der Waals surface area contributed by atoms with Crippen molar-refractivity contribution in [1.82, 2.24) is 9.88 Å². The van der Waals surface area contributed by atoms with Crippen LogP contribution < -0.4 is 10.1 Å². The van der Waals surface area contributed by atoms with Gasteiger partial charge in [-0.3, -0.25) is 9.59 Å². The fourth-order valence-corrected chi connectivity index (χ4v) is 3.89. The summed E-state index contributed by atoms with van der Waals surface area (Å²) in [7, 11) is 1.61. The third kappa shape index (κ3) is 3.28. The number of carbonyl (C=O) groups is 2. The molecule has 6 nitrogen and oxygen atoms in total. The van der Waals surface area contributed by atoms with Crippen molar-refractivity contribution in [2.45, 2.75) is 45.6 Å². The Bertz CT molecular complexity index is 834. The van der Waals surface area contributed by atoms with E-state index in [-0.39, 0.29) is 12.5 Å². The summed E-state index contributed by atoms with van der Waals surface area (Å²) in [4.78, 5) is 23.9. The Kier molecular flexibility index (Phi) is 5.20. The van der Waals surface area contributed by atoms with Gasteiger partial charge in [-0.05, 0) is 38.0 Å². The molecule has 0 bridgehead atoms. The summed E-state index contributed by atoms with van der Waals surface area (Å²) in [5, 5.41) is 12.7. The van der Waals surface area contributed by atoms with Crippen LogP contribution in [-0.4, -0.2) is 35.2 Å². The number of nitrogens with one attached hydrogen (secondary N) is 1. The largest absolute Gasteiger partial charge is 0.497 e. The Morgan fingerprint density at radius 1 is 1.35 bits per heavy atom. The van der Waals surface area contributed by atoms with Gasteiger partial charge in [-0.2, -0.15) is 0 Å². The third-order valence-electron chi connectivity index (χ3n) is 5.36. The predicted octanol–water partition coefficient (Wildman–Crippen LogP) is 3.52. The molecule has 1 atom stereocenters. The zero-order valence-electron chi connectivity index (χ0n) is 15.5. The van der Waals surface area contributed by atoms with E-state index in [1.807, 2.05) is 25.1 Å². The normalized spacial score (nSPS) is 16.0. The van der Waals surface area contributed by atoms with Gasteiger partial charge in [-0.15, -0.1) is 0 Å². The number of fused-ring (bicyclic) bond motifs is 1. The maximum Gasteiger partial charge on any atom is 0.308 e. The smallest absolute Gasteiger partial charge is 0.308 e. The number of methoxy groups -OCH3 is 1. The van der Waals surface area contributed by atoms with Gasteiger partial charge in [0.05, 0.1) is 18.6 Å². The Balaban J connectivity index is 2.03. The number of benzene rings is 1. The molecule has 1 amide bonds. The zero-order valence-corrected chi connectivity index (χ0v) is 15.5. The van der Waals surface area contributed by atoms with Gasteiger partial charge in [0.25, 0.3) is 5.91 Å². The molecule has 1 heterocycles. The van der Waals surface area contributed by atoms with Gasteiger partial charge in [0, 0.05) is 29.2 Å². The highest BCUT2D eigenvalue weighted by atomic mass is 16.5. The molecular formula is C20H26N2O4. The van der Waals surface area contributed by atoms with Crippen molar-refractivity contribution < 1.29 is 19.4 Å². The highest BCUT2D eigenvalue weighted by Gasteiger charge is 2.26. The topological polar surface area (TPSA) is 80.6 Å². The van der Waals surface area contributed by atoms with E-state index in [2.05, 4.69) is 9.88 Å². The highest BCUT2D eigenvalue weighted by molar-refractivity contribution is 6.09. The average Bonchev–Trinajstić information content (AvgIpc) is 3.23. The lowest BCUT2D eigenvalue weighted by atomic mass is 10.1. The lowest BCUT2D eigenvalue weighted by Crippen LogP contribution is -2.31. The second-order valence-electron chi connectivity index (χ2n) is 7.10. The van der Waals surface area contributed by atoms with Gasteiger partial charge in [0.2, 0.25) is 0 Å². The third-order valence-corrected chi connectivity index (χ3v) is 5.36. The van der Waals surface area contributed by atoms with E-state index in [1.54, 1.807) is 14.0 Å². The number of rotatable bonds is 6. The molecule has 2 N–H and O–H groups in total. The zero-order chi connectivity index (χ0) is 18.8. The summed E-state index contributed by atoms with van der Waals surface area (Å²) in [6.45, 7) is 3.66. The fraction of sp³-hybridized carbons (Fsp3) is 0.500. The molecule has 1 unspecified atom stereocenters. The maximum atomic E-state index is 12.9. The summed E-state index contributed by atoms with van der Waals surface area (Å²) >= 11 is 0. The minimum atomic E-state index is -0.919. The number of hydrogen-bond acceptors (Lipinski definition) is 3. The molecule has 1 fully saturated rings. The molecule has 0 spiro atoms. The van der Waals surface area contributed by atoms with Crippen LogP contribution in [0, 0.1) is 12.8 Å². The van der Waals surface area contributed by atoms with E-state index in [9.17, 15) is 9.59 Å². The molecule has 26 heavy (non-hydrogen) atoms. The predicted molar refractivity (Wildman–Crippen MR) is 99.9 cm³/mol. The highest BCUT2D eigenvalue weighted by Crippen LogP contribution is 2.38. The van der Waals surface area contributed by atoms with Crippen LogP contribution in [0.15, 0.2) is 18.2 Å². The summed E-state index contributed by atoms with van der Waals surface area (Å²) < 4.78 is 7.62. The molecule has 0 aliphatic heterocycles. The van der Waals surface area contributed by atoms with E-state index in [0.29, 0.717) is 17.4 Å². The first-order chi connectivity index (χ1) is 12.4. The Morgan fingerprint density at radius 3 is 2.65 bits per heavy atom. The lowest BCUT2D eigenvalue weighted by Gasteiger charge is -2.16. The van der Waals surface area contributed by atoms with E-state index in [4.69, 9.17) is 9.84 Å². The Labute approximate surface area is 153 Å². The van der Waals surface area contributed by atoms with E-state index < -0.39 is 11.9 Å². The van der Waals surface area contributed by atoms with Crippen LogP contribution in [-0.2, 0) is 4.79 Å². The Hall–Kier alpha value is -2.50. The fourth-order valence-electron chi connectivity index (χ4n) is 3.89. The first-order valence-electron chi connectivity index (χ1n) is 9.13. The monoisotopic (exact) mass is 358 g/mol. The summed E-state index contributed by atoms with van der Waals surface area (Å²) in [6, 6.07) is 6.23. The van der Waals surface area contributed by atoms with E-state index in [0.717, 1.165) is 29.4 Å². The average molecular weight is 358 g/mol. The molecule has 1 aromatic carbocycles. The molecule has 1 aromatic heterocycles. The molecule has 6 heteroatoms. The summed E-state index contributed by atoms with van der Waals surface area (Å²) in [5.74, 6) is -1.08. The molecule has 140 valence electrons. The van der Waals surface area contributed by atoms with Crippen LogP contribution in [0.3, 0.4) is 0 Å². The number of aliphatic carboxylic acids is 1. The number of carboxylic acids is 1. The Morgan fingerprint density at radius 2 is 2.04 bits per heavy atom. The molecule has 2 aromatic rings. The van der Waals surface area contributed by atoms with Crippen molar-refractivity contribution >= 4 is 22.8 Å². The van der Waals surface area contributed by atoms with Crippen molar-refractivity contribution in [2.75, 3.05) is 13.7 Å². The minimum Gasteiger partial charge on any atom is -0.497 e. The number of nitrogens with zero attached hydrogens (tertiary/aromatic N) is 1. The number of ether oxygens (including phenoxy) is 1. The van der Waals surface area contributed by atoms with Gasteiger partial charge in [-0.1, -0.05) is 19.8 Å². The van der Waals surface area contributed by atoms with Gasteiger partial charge >= 0.3 is 5.97 Å². The van der Waals surface area contributed by atoms with Crippen LogP contribution in [0.1, 0.15) is 54.7 Å². The molecule has 1 saturated carbocycles. The van der Waals surface area contributed by atoms with Crippen LogP contribution in [0.4, 0.5) is 0 Å².